The van der Waals surface area contributed by atoms with E-state index >= 15 is 0 Å². The monoisotopic (exact) mass is 687 g/mol. The van der Waals surface area contributed by atoms with Gasteiger partial charge < -0.3 is 0 Å². The van der Waals surface area contributed by atoms with Gasteiger partial charge in [0.15, 0.2) is 17.5 Å². The molecule has 0 amide bonds. The van der Waals surface area contributed by atoms with Crippen LogP contribution in [-0.2, 0) is 0 Å². The molecule has 3 heteroatoms. The molecule has 1 heterocycles. The predicted octanol–water partition coefficient (Wildman–Crippen LogP) is 13.3. The first kappa shape index (κ1) is 31.5. The summed E-state index contributed by atoms with van der Waals surface area (Å²) in [6.45, 7) is 0. The van der Waals surface area contributed by atoms with E-state index in [1.165, 1.54) is 43.8 Å². The Labute approximate surface area is 313 Å². The zero-order valence-corrected chi connectivity index (χ0v) is 29.4. The van der Waals surface area contributed by atoms with Crippen molar-refractivity contribution < 1.29 is 0 Å². The average Bonchev–Trinajstić information content (AvgIpc) is 3.26. The van der Waals surface area contributed by atoms with Crippen molar-refractivity contribution in [2.24, 2.45) is 0 Å². The van der Waals surface area contributed by atoms with Crippen LogP contribution >= 0.6 is 0 Å². The van der Waals surface area contributed by atoms with Gasteiger partial charge in [-0.25, -0.2) is 15.0 Å². The summed E-state index contributed by atoms with van der Waals surface area (Å²) in [4.78, 5) is 15.4. The van der Waals surface area contributed by atoms with E-state index in [2.05, 4.69) is 182 Å². The number of nitrogens with zero attached hydrogens (tertiary/aromatic N) is 3. The normalized spacial score (nSPS) is 11.3. The van der Waals surface area contributed by atoms with Crippen molar-refractivity contribution in [2.45, 2.75) is 0 Å². The lowest BCUT2D eigenvalue weighted by atomic mass is 9.93. The molecular formula is C51H33N3. The Bertz CT molecular complexity index is 2980. The first-order chi connectivity index (χ1) is 26.7. The molecule has 252 valence electrons. The fourth-order valence-electron chi connectivity index (χ4n) is 7.56. The summed E-state index contributed by atoms with van der Waals surface area (Å²) >= 11 is 0. The van der Waals surface area contributed by atoms with Crippen molar-refractivity contribution in [1.29, 1.82) is 0 Å². The van der Waals surface area contributed by atoms with E-state index in [1.807, 2.05) is 18.2 Å². The predicted molar refractivity (Wildman–Crippen MR) is 225 cm³/mol. The lowest BCUT2D eigenvalue weighted by Crippen LogP contribution is -2.00. The highest BCUT2D eigenvalue weighted by atomic mass is 15.0. The smallest absolute Gasteiger partial charge is 0.164 e. The van der Waals surface area contributed by atoms with Crippen molar-refractivity contribution in [3.05, 3.63) is 200 Å². The molecule has 54 heavy (non-hydrogen) atoms. The molecule has 0 fully saturated rings. The van der Waals surface area contributed by atoms with Gasteiger partial charge in [-0.3, -0.25) is 0 Å². The van der Waals surface area contributed by atoms with E-state index in [0.717, 1.165) is 38.6 Å². The van der Waals surface area contributed by atoms with Crippen LogP contribution in [0.3, 0.4) is 0 Å². The minimum absolute atomic E-state index is 0.636. The van der Waals surface area contributed by atoms with Crippen LogP contribution in [0, 0.1) is 0 Å². The maximum Gasteiger partial charge on any atom is 0.164 e. The SMILES string of the molecule is c1ccc(-c2cccc(-c3cc(-c4nc(-c5ccccc5)nc(-c5ccc6cc(-c7cccc8ccccc78)ccc6c5)n4)cc4ccccc34)c2)cc1. The van der Waals surface area contributed by atoms with Gasteiger partial charge in [0.25, 0.3) is 0 Å². The van der Waals surface area contributed by atoms with Crippen LogP contribution in [0.5, 0.6) is 0 Å². The molecule has 0 spiro atoms. The standard InChI is InChI=1S/C51H33N3/c1-3-13-34(14-4-1)37-20-11-21-41(29-37)48-33-44(32-40-18-8-10-23-47(40)48)51-53-49(36-16-5-2-6-17-36)52-50(54-51)43-28-26-38-30-42(27-25-39(38)31-43)46-24-12-19-35-15-7-9-22-45(35)46/h1-33H. The molecule has 0 aliphatic heterocycles. The summed E-state index contributed by atoms with van der Waals surface area (Å²) in [5.41, 5.74) is 9.90. The van der Waals surface area contributed by atoms with Crippen LogP contribution in [0.4, 0.5) is 0 Å². The van der Waals surface area contributed by atoms with Gasteiger partial charge in [0.05, 0.1) is 0 Å². The Hall–Kier alpha value is -7.23. The van der Waals surface area contributed by atoms with Gasteiger partial charge in [0, 0.05) is 16.7 Å². The van der Waals surface area contributed by atoms with Gasteiger partial charge in [-0.2, -0.15) is 0 Å². The van der Waals surface area contributed by atoms with E-state index in [-0.39, 0.29) is 0 Å². The van der Waals surface area contributed by atoms with Gasteiger partial charge in [-0.15, -0.1) is 0 Å². The lowest BCUT2D eigenvalue weighted by molar-refractivity contribution is 1.08. The highest BCUT2D eigenvalue weighted by Crippen LogP contribution is 2.37. The maximum atomic E-state index is 5.19. The number of hydrogen-bond donors (Lipinski definition) is 0. The molecule has 10 aromatic rings. The molecule has 0 saturated heterocycles. The number of benzene rings is 9. The summed E-state index contributed by atoms with van der Waals surface area (Å²) in [6, 6.07) is 70.7. The van der Waals surface area contributed by atoms with Gasteiger partial charge in [0.2, 0.25) is 0 Å². The highest BCUT2D eigenvalue weighted by molar-refractivity contribution is 6.01. The third-order valence-corrected chi connectivity index (χ3v) is 10.3. The molecule has 0 N–H and O–H groups in total. The van der Waals surface area contributed by atoms with Crippen LogP contribution in [0.2, 0.25) is 0 Å². The van der Waals surface area contributed by atoms with Crippen LogP contribution in [0.15, 0.2) is 200 Å². The molecule has 0 bridgehead atoms. The van der Waals surface area contributed by atoms with E-state index < -0.39 is 0 Å². The minimum Gasteiger partial charge on any atom is -0.208 e. The second-order valence-electron chi connectivity index (χ2n) is 13.7. The molecule has 0 aliphatic carbocycles. The Morgan fingerprint density at radius 2 is 0.704 bits per heavy atom. The first-order valence-corrected chi connectivity index (χ1v) is 18.3. The van der Waals surface area contributed by atoms with Crippen LogP contribution in [0.1, 0.15) is 0 Å². The Morgan fingerprint density at radius 3 is 1.46 bits per heavy atom. The topological polar surface area (TPSA) is 38.7 Å². The van der Waals surface area contributed by atoms with Crippen LogP contribution in [-0.4, -0.2) is 15.0 Å². The molecule has 1 aromatic heterocycles. The highest BCUT2D eigenvalue weighted by Gasteiger charge is 2.16. The number of rotatable bonds is 6. The molecule has 3 nitrogen and oxygen atoms in total. The number of aromatic nitrogens is 3. The Balaban J connectivity index is 1.11. The molecule has 0 radical (unpaired) electrons. The molecular weight excluding hydrogens is 655 g/mol. The van der Waals surface area contributed by atoms with Crippen molar-refractivity contribution in [1.82, 2.24) is 15.0 Å². The van der Waals surface area contributed by atoms with Crippen molar-refractivity contribution in [3.63, 3.8) is 0 Å². The second-order valence-corrected chi connectivity index (χ2v) is 13.7. The van der Waals surface area contributed by atoms with Crippen LogP contribution < -0.4 is 0 Å². The second kappa shape index (κ2) is 13.4. The quantitative estimate of drug-likeness (QED) is 0.175. The summed E-state index contributed by atoms with van der Waals surface area (Å²) in [5.74, 6) is 1.92. The third-order valence-electron chi connectivity index (χ3n) is 10.3. The van der Waals surface area contributed by atoms with Crippen molar-refractivity contribution in [2.75, 3.05) is 0 Å². The van der Waals surface area contributed by atoms with Crippen LogP contribution in [0.25, 0.3) is 99.9 Å². The fraction of sp³-hybridized carbons (Fsp3) is 0. The number of fused-ring (bicyclic) bond motifs is 3. The van der Waals surface area contributed by atoms with Gasteiger partial charge in [-0.1, -0.05) is 170 Å². The fourth-order valence-corrected chi connectivity index (χ4v) is 7.56. The first-order valence-electron chi connectivity index (χ1n) is 18.3. The molecule has 9 aromatic carbocycles. The molecule has 0 atom stereocenters. The minimum atomic E-state index is 0.636. The summed E-state index contributed by atoms with van der Waals surface area (Å²) in [6.07, 6.45) is 0. The van der Waals surface area contributed by atoms with Gasteiger partial charge >= 0.3 is 0 Å². The summed E-state index contributed by atoms with van der Waals surface area (Å²) in [7, 11) is 0. The van der Waals surface area contributed by atoms with E-state index in [9.17, 15) is 0 Å². The average molecular weight is 688 g/mol. The maximum absolute atomic E-state index is 5.19. The third kappa shape index (κ3) is 5.88. The van der Waals surface area contributed by atoms with Gasteiger partial charge in [-0.05, 0) is 96.0 Å². The molecule has 10 rings (SSSR count). The molecule has 0 unspecified atom stereocenters. The Morgan fingerprint density at radius 1 is 0.222 bits per heavy atom. The van der Waals surface area contributed by atoms with Crippen molar-refractivity contribution in [3.8, 4) is 67.5 Å². The largest absolute Gasteiger partial charge is 0.208 e. The summed E-state index contributed by atoms with van der Waals surface area (Å²) in [5, 5.41) is 7.10. The number of hydrogen-bond acceptors (Lipinski definition) is 3. The molecule has 0 aliphatic rings. The zero-order valence-electron chi connectivity index (χ0n) is 29.4. The van der Waals surface area contributed by atoms with E-state index in [1.54, 1.807) is 0 Å². The Kier molecular flexibility index (Phi) is 7.81. The summed E-state index contributed by atoms with van der Waals surface area (Å²) < 4.78 is 0. The lowest BCUT2D eigenvalue weighted by Gasteiger charge is -2.13. The molecule has 0 saturated carbocycles. The zero-order chi connectivity index (χ0) is 35.8. The van der Waals surface area contributed by atoms with E-state index in [4.69, 9.17) is 15.0 Å². The van der Waals surface area contributed by atoms with Gasteiger partial charge in [0.1, 0.15) is 0 Å². The van der Waals surface area contributed by atoms with Crippen molar-refractivity contribution >= 4 is 32.3 Å². The van der Waals surface area contributed by atoms with E-state index in [0.29, 0.717) is 17.5 Å².